The van der Waals surface area contributed by atoms with Crippen LogP contribution in [0.25, 0.3) is 0 Å². The lowest BCUT2D eigenvalue weighted by molar-refractivity contribution is 0.303. The van der Waals surface area contributed by atoms with Crippen LogP contribution in [0.1, 0.15) is 10.7 Å². The minimum atomic E-state index is 0.475. The molecule has 0 aliphatic heterocycles. The Morgan fingerprint density at radius 2 is 2.17 bits per heavy atom. The third-order valence-electron chi connectivity index (χ3n) is 2.40. The molecule has 0 atom stereocenters. The molecule has 1 heterocycles. The molecule has 96 valence electrons. The van der Waals surface area contributed by atoms with Crippen LogP contribution < -0.4 is 15.2 Å². The minimum absolute atomic E-state index is 0.475. The van der Waals surface area contributed by atoms with Gasteiger partial charge in [-0.3, -0.25) is 0 Å². The Balaban J connectivity index is 1.93. The summed E-state index contributed by atoms with van der Waals surface area (Å²) in [6, 6.07) is 7.54. The molecule has 1 aromatic carbocycles. The van der Waals surface area contributed by atoms with Crippen LogP contribution in [-0.2, 0) is 13.0 Å². The van der Waals surface area contributed by atoms with Crippen LogP contribution in [0.2, 0.25) is 0 Å². The van der Waals surface area contributed by atoms with Crippen molar-refractivity contribution in [2.24, 2.45) is 5.73 Å². The van der Waals surface area contributed by atoms with E-state index in [1.807, 2.05) is 29.6 Å². The van der Waals surface area contributed by atoms with Gasteiger partial charge in [-0.25, -0.2) is 4.98 Å². The van der Waals surface area contributed by atoms with Gasteiger partial charge in [0.2, 0.25) is 0 Å². The molecule has 2 N–H and O–H groups in total. The number of aromatic nitrogens is 1. The summed E-state index contributed by atoms with van der Waals surface area (Å²) in [5.74, 6) is 1.57. The third-order valence-corrected chi connectivity index (χ3v) is 3.27. The summed E-state index contributed by atoms with van der Waals surface area (Å²) in [4.78, 5) is 4.44. The van der Waals surface area contributed by atoms with Gasteiger partial charge in [0.25, 0.3) is 0 Å². The Hall–Kier alpha value is -1.59. The van der Waals surface area contributed by atoms with E-state index in [9.17, 15) is 0 Å². The number of hydrogen-bond acceptors (Lipinski definition) is 5. The summed E-state index contributed by atoms with van der Waals surface area (Å²) in [5, 5.41) is 2.98. The lowest BCUT2D eigenvalue weighted by Crippen LogP contribution is -2.03. The quantitative estimate of drug-likeness (QED) is 0.869. The van der Waals surface area contributed by atoms with Gasteiger partial charge in [-0.15, -0.1) is 11.3 Å². The highest BCUT2D eigenvalue weighted by molar-refractivity contribution is 7.09. The highest BCUT2D eigenvalue weighted by atomic mass is 32.1. The molecular formula is C13H16N2O2S. The first-order chi connectivity index (χ1) is 8.81. The minimum Gasteiger partial charge on any atom is -0.497 e. The molecule has 0 bridgehead atoms. The second-order valence-electron chi connectivity index (χ2n) is 3.74. The van der Waals surface area contributed by atoms with Gasteiger partial charge in [0.15, 0.2) is 0 Å². The third kappa shape index (κ3) is 3.45. The molecule has 0 unspecified atom stereocenters. The Morgan fingerprint density at radius 1 is 1.33 bits per heavy atom. The summed E-state index contributed by atoms with van der Waals surface area (Å²) in [6.07, 6.45) is 0.815. The van der Waals surface area contributed by atoms with Crippen molar-refractivity contribution in [1.29, 1.82) is 0 Å². The standard InChI is InChI=1S/C13H16N2O2S/c1-16-11-3-2-4-12(7-11)17-8-13-15-10(5-6-14)9-18-13/h2-4,7,9H,5-6,8,14H2,1H3. The second-order valence-corrected chi connectivity index (χ2v) is 4.68. The molecule has 2 rings (SSSR count). The summed E-state index contributed by atoms with van der Waals surface area (Å²) >= 11 is 1.60. The lowest BCUT2D eigenvalue weighted by Gasteiger charge is -2.05. The summed E-state index contributed by atoms with van der Waals surface area (Å²) in [5.41, 5.74) is 6.52. The van der Waals surface area contributed by atoms with Gasteiger partial charge in [0, 0.05) is 17.9 Å². The van der Waals surface area contributed by atoms with Gasteiger partial charge in [0.05, 0.1) is 12.8 Å². The maximum Gasteiger partial charge on any atom is 0.140 e. The molecule has 5 heteroatoms. The van der Waals surface area contributed by atoms with Gasteiger partial charge >= 0.3 is 0 Å². The Morgan fingerprint density at radius 3 is 2.94 bits per heavy atom. The predicted octanol–water partition coefficient (Wildman–Crippen LogP) is 2.23. The van der Waals surface area contributed by atoms with Crippen molar-refractivity contribution >= 4 is 11.3 Å². The Kier molecular flexibility index (Phi) is 4.55. The van der Waals surface area contributed by atoms with Crippen LogP contribution in [0.4, 0.5) is 0 Å². The SMILES string of the molecule is COc1cccc(OCc2nc(CCN)cs2)c1. The van der Waals surface area contributed by atoms with E-state index in [0.29, 0.717) is 13.2 Å². The first kappa shape index (κ1) is 12.9. The van der Waals surface area contributed by atoms with Crippen molar-refractivity contribution < 1.29 is 9.47 Å². The van der Waals surface area contributed by atoms with Crippen LogP contribution >= 0.6 is 11.3 Å². The molecule has 18 heavy (non-hydrogen) atoms. The summed E-state index contributed by atoms with van der Waals surface area (Å²) in [6.45, 7) is 1.10. The average molecular weight is 264 g/mol. The molecule has 0 fully saturated rings. The molecule has 0 aliphatic carbocycles. The van der Waals surface area contributed by atoms with E-state index < -0.39 is 0 Å². The number of nitrogens with two attached hydrogens (primary N) is 1. The van der Waals surface area contributed by atoms with Crippen molar-refractivity contribution in [2.45, 2.75) is 13.0 Å². The van der Waals surface area contributed by atoms with E-state index in [1.54, 1.807) is 18.4 Å². The highest BCUT2D eigenvalue weighted by Crippen LogP contribution is 2.20. The molecule has 0 amide bonds. The molecule has 4 nitrogen and oxygen atoms in total. The topological polar surface area (TPSA) is 57.4 Å². The smallest absolute Gasteiger partial charge is 0.140 e. The molecule has 0 spiro atoms. The maximum atomic E-state index is 5.66. The lowest BCUT2D eigenvalue weighted by atomic mass is 10.3. The Bertz CT molecular complexity index is 499. The van der Waals surface area contributed by atoms with E-state index in [-0.39, 0.29) is 0 Å². The van der Waals surface area contributed by atoms with Crippen LogP contribution in [-0.4, -0.2) is 18.6 Å². The van der Waals surface area contributed by atoms with E-state index in [1.165, 1.54) is 0 Å². The molecule has 0 radical (unpaired) electrons. The van der Waals surface area contributed by atoms with Crippen LogP contribution in [0.3, 0.4) is 0 Å². The second kappa shape index (κ2) is 6.37. The van der Waals surface area contributed by atoms with Gasteiger partial charge < -0.3 is 15.2 Å². The van der Waals surface area contributed by atoms with Gasteiger partial charge in [-0.05, 0) is 18.7 Å². The van der Waals surface area contributed by atoms with Crippen LogP contribution in [0, 0.1) is 0 Å². The fourth-order valence-electron chi connectivity index (χ4n) is 1.51. The first-order valence-electron chi connectivity index (χ1n) is 5.72. The maximum absolute atomic E-state index is 5.66. The predicted molar refractivity (Wildman–Crippen MR) is 72.2 cm³/mol. The number of benzene rings is 1. The Labute approximate surface area is 110 Å². The molecular weight excluding hydrogens is 248 g/mol. The fourth-order valence-corrected chi connectivity index (χ4v) is 2.25. The zero-order chi connectivity index (χ0) is 12.8. The molecule has 0 aliphatic rings. The van der Waals surface area contributed by atoms with Crippen molar-refractivity contribution in [1.82, 2.24) is 4.98 Å². The monoisotopic (exact) mass is 264 g/mol. The molecule has 1 aromatic heterocycles. The first-order valence-corrected chi connectivity index (χ1v) is 6.60. The van der Waals surface area contributed by atoms with E-state index in [0.717, 1.165) is 28.6 Å². The van der Waals surface area contributed by atoms with Crippen molar-refractivity contribution in [2.75, 3.05) is 13.7 Å². The van der Waals surface area contributed by atoms with Gasteiger partial charge in [-0.2, -0.15) is 0 Å². The fraction of sp³-hybridized carbons (Fsp3) is 0.308. The average Bonchev–Trinajstić information content (AvgIpc) is 2.85. The molecule has 2 aromatic rings. The summed E-state index contributed by atoms with van der Waals surface area (Å²) < 4.78 is 10.8. The van der Waals surface area contributed by atoms with E-state index in [4.69, 9.17) is 15.2 Å². The van der Waals surface area contributed by atoms with Crippen LogP contribution in [0.5, 0.6) is 11.5 Å². The zero-order valence-corrected chi connectivity index (χ0v) is 11.1. The number of methoxy groups -OCH3 is 1. The number of nitrogens with zero attached hydrogens (tertiary/aromatic N) is 1. The largest absolute Gasteiger partial charge is 0.497 e. The van der Waals surface area contributed by atoms with Crippen molar-refractivity contribution in [3.05, 3.63) is 40.3 Å². The normalized spacial score (nSPS) is 10.3. The summed E-state index contributed by atoms with van der Waals surface area (Å²) in [7, 11) is 1.64. The van der Waals surface area contributed by atoms with Gasteiger partial charge in [0.1, 0.15) is 23.1 Å². The number of hydrogen-bond donors (Lipinski definition) is 1. The molecule has 0 saturated carbocycles. The van der Waals surface area contributed by atoms with Crippen molar-refractivity contribution in [3.8, 4) is 11.5 Å². The number of rotatable bonds is 6. The van der Waals surface area contributed by atoms with E-state index >= 15 is 0 Å². The van der Waals surface area contributed by atoms with Gasteiger partial charge in [-0.1, -0.05) is 6.07 Å². The highest BCUT2D eigenvalue weighted by Gasteiger charge is 2.03. The van der Waals surface area contributed by atoms with Crippen LogP contribution in [0.15, 0.2) is 29.6 Å². The number of thiazole rings is 1. The zero-order valence-electron chi connectivity index (χ0n) is 10.3. The molecule has 0 saturated heterocycles. The van der Waals surface area contributed by atoms with E-state index in [2.05, 4.69) is 4.98 Å². The number of ether oxygens (including phenoxy) is 2. The van der Waals surface area contributed by atoms with Crippen molar-refractivity contribution in [3.63, 3.8) is 0 Å².